The van der Waals surface area contributed by atoms with Crippen molar-refractivity contribution in [1.82, 2.24) is 15.3 Å². The lowest BCUT2D eigenvalue weighted by molar-refractivity contribution is 0.363. The molecule has 0 spiro atoms. The molecular formula is C10H14N4O2. The molecule has 2 rings (SSSR count). The second kappa shape index (κ2) is 3.71. The third-order valence-corrected chi connectivity index (χ3v) is 2.51. The predicted molar refractivity (Wildman–Crippen MR) is 56.4 cm³/mol. The van der Waals surface area contributed by atoms with Gasteiger partial charge < -0.3 is 14.8 Å². The zero-order chi connectivity index (χ0) is 11.8. The first-order valence-electron chi connectivity index (χ1n) is 5.09. The van der Waals surface area contributed by atoms with Crippen molar-refractivity contribution in [2.24, 2.45) is 5.73 Å². The van der Waals surface area contributed by atoms with E-state index in [1.165, 1.54) is 0 Å². The summed E-state index contributed by atoms with van der Waals surface area (Å²) in [5.74, 6) is 1.24. The first kappa shape index (κ1) is 10.8. The molecule has 0 amide bonds. The molecule has 2 N–H and O–H groups in total. The standard InChI is InChI=1S/C10H14N4O2/c1-4-10(3,11)9-12-8(16-14-9)7-5-6(2)13-15-7/h5H,4,11H2,1-3H3. The Bertz CT molecular complexity index is 486. The van der Waals surface area contributed by atoms with Crippen LogP contribution in [0.4, 0.5) is 0 Å². The van der Waals surface area contributed by atoms with Crippen molar-refractivity contribution in [3.63, 3.8) is 0 Å². The Morgan fingerprint density at radius 3 is 2.69 bits per heavy atom. The fourth-order valence-electron chi connectivity index (χ4n) is 1.18. The predicted octanol–water partition coefficient (Wildman–Crippen LogP) is 1.62. The summed E-state index contributed by atoms with van der Waals surface area (Å²) in [6, 6.07) is 1.73. The monoisotopic (exact) mass is 222 g/mol. The van der Waals surface area contributed by atoms with Gasteiger partial charge in [0, 0.05) is 6.07 Å². The number of nitrogens with zero attached hydrogens (tertiary/aromatic N) is 3. The van der Waals surface area contributed by atoms with Crippen LogP contribution in [-0.2, 0) is 5.54 Å². The Morgan fingerprint density at radius 1 is 1.38 bits per heavy atom. The van der Waals surface area contributed by atoms with Gasteiger partial charge in [0.25, 0.3) is 5.89 Å². The van der Waals surface area contributed by atoms with Gasteiger partial charge in [0.05, 0.1) is 11.2 Å². The highest BCUT2D eigenvalue weighted by Crippen LogP contribution is 2.23. The normalized spacial score (nSPS) is 15.0. The van der Waals surface area contributed by atoms with Crippen LogP contribution in [-0.4, -0.2) is 15.3 Å². The smallest absolute Gasteiger partial charge is 0.296 e. The summed E-state index contributed by atoms with van der Waals surface area (Å²) in [5, 5.41) is 7.60. The number of aromatic nitrogens is 3. The molecule has 0 aliphatic carbocycles. The first-order chi connectivity index (χ1) is 7.53. The van der Waals surface area contributed by atoms with Gasteiger partial charge in [0.2, 0.25) is 5.76 Å². The second-order valence-corrected chi connectivity index (χ2v) is 4.03. The van der Waals surface area contributed by atoms with Crippen molar-refractivity contribution < 1.29 is 9.05 Å². The van der Waals surface area contributed by atoms with E-state index in [9.17, 15) is 0 Å². The Hall–Kier alpha value is -1.69. The summed E-state index contributed by atoms with van der Waals surface area (Å²) in [4.78, 5) is 4.20. The Kier molecular flexibility index (Phi) is 2.51. The van der Waals surface area contributed by atoms with Gasteiger partial charge in [-0.05, 0) is 20.3 Å². The summed E-state index contributed by atoms with van der Waals surface area (Å²) in [7, 11) is 0. The molecule has 0 radical (unpaired) electrons. The van der Waals surface area contributed by atoms with E-state index in [-0.39, 0.29) is 0 Å². The lowest BCUT2D eigenvalue weighted by Gasteiger charge is -2.16. The number of hydrogen-bond acceptors (Lipinski definition) is 6. The van der Waals surface area contributed by atoms with E-state index in [1.54, 1.807) is 6.07 Å². The lowest BCUT2D eigenvalue weighted by atomic mass is 10.0. The minimum atomic E-state index is -0.586. The maximum atomic E-state index is 6.00. The van der Waals surface area contributed by atoms with Crippen LogP contribution in [0.1, 0.15) is 31.8 Å². The maximum absolute atomic E-state index is 6.00. The third kappa shape index (κ3) is 1.83. The number of nitrogens with two attached hydrogens (primary N) is 1. The van der Waals surface area contributed by atoms with Crippen molar-refractivity contribution in [2.75, 3.05) is 0 Å². The molecule has 0 aromatic carbocycles. The Morgan fingerprint density at radius 2 is 2.12 bits per heavy atom. The van der Waals surface area contributed by atoms with Gasteiger partial charge in [-0.25, -0.2) is 0 Å². The summed E-state index contributed by atoms with van der Waals surface area (Å²) >= 11 is 0. The van der Waals surface area contributed by atoms with E-state index in [4.69, 9.17) is 14.8 Å². The topological polar surface area (TPSA) is 91.0 Å². The molecule has 0 aliphatic heterocycles. The number of rotatable bonds is 3. The van der Waals surface area contributed by atoms with Crippen molar-refractivity contribution in [3.05, 3.63) is 17.6 Å². The molecule has 1 unspecified atom stereocenters. The molecule has 0 saturated heterocycles. The fraction of sp³-hybridized carbons (Fsp3) is 0.500. The van der Waals surface area contributed by atoms with Crippen molar-refractivity contribution in [1.29, 1.82) is 0 Å². The first-order valence-corrected chi connectivity index (χ1v) is 5.09. The SMILES string of the molecule is CCC(C)(N)c1noc(-c2cc(C)no2)n1. The fourth-order valence-corrected chi connectivity index (χ4v) is 1.18. The molecule has 2 heterocycles. The molecule has 6 nitrogen and oxygen atoms in total. The summed E-state index contributed by atoms with van der Waals surface area (Å²) in [6.45, 7) is 5.64. The molecule has 1 atom stereocenters. The van der Waals surface area contributed by atoms with E-state index in [1.807, 2.05) is 20.8 Å². The van der Waals surface area contributed by atoms with Crippen LogP contribution in [0.25, 0.3) is 11.7 Å². The molecule has 2 aromatic heterocycles. The lowest BCUT2D eigenvalue weighted by Crippen LogP contribution is -2.33. The van der Waals surface area contributed by atoms with Crippen LogP contribution < -0.4 is 5.73 Å². The molecule has 2 aromatic rings. The minimum Gasteiger partial charge on any atom is -0.351 e. The van der Waals surface area contributed by atoms with Crippen LogP contribution in [0.3, 0.4) is 0 Å². The van der Waals surface area contributed by atoms with Crippen LogP contribution in [0.5, 0.6) is 0 Å². The summed E-state index contributed by atoms with van der Waals surface area (Å²) in [6.07, 6.45) is 0.724. The van der Waals surface area contributed by atoms with Crippen molar-refractivity contribution in [2.45, 2.75) is 32.7 Å². The molecule has 0 saturated carbocycles. The van der Waals surface area contributed by atoms with Crippen LogP contribution in [0, 0.1) is 6.92 Å². The van der Waals surface area contributed by atoms with E-state index < -0.39 is 5.54 Å². The molecule has 0 bridgehead atoms. The Labute approximate surface area is 92.8 Å². The van der Waals surface area contributed by atoms with Crippen LogP contribution >= 0.6 is 0 Å². The molecule has 16 heavy (non-hydrogen) atoms. The largest absolute Gasteiger partial charge is 0.351 e. The molecular weight excluding hydrogens is 208 g/mol. The van der Waals surface area contributed by atoms with E-state index >= 15 is 0 Å². The van der Waals surface area contributed by atoms with Gasteiger partial charge in [0.15, 0.2) is 5.82 Å². The van der Waals surface area contributed by atoms with Gasteiger partial charge in [-0.3, -0.25) is 0 Å². The van der Waals surface area contributed by atoms with Gasteiger partial charge >= 0.3 is 0 Å². The van der Waals surface area contributed by atoms with E-state index in [0.29, 0.717) is 17.5 Å². The van der Waals surface area contributed by atoms with E-state index in [2.05, 4.69) is 15.3 Å². The van der Waals surface area contributed by atoms with Crippen LogP contribution in [0.2, 0.25) is 0 Å². The van der Waals surface area contributed by atoms with Gasteiger partial charge in [-0.15, -0.1) is 0 Å². The number of hydrogen-bond donors (Lipinski definition) is 1. The molecule has 86 valence electrons. The Balaban J connectivity index is 2.33. The van der Waals surface area contributed by atoms with Gasteiger partial charge in [0.1, 0.15) is 0 Å². The molecule has 6 heteroatoms. The third-order valence-electron chi connectivity index (χ3n) is 2.51. The number of aryl methyl sites for hydroxylation is 1. The van der Waals surface area contributed by atoms with E-state index in [0.717, 1.165) is 12.1 Å². The highest BCUT2D eigenvalue weighted by Gasteiger charge is 2.26. The highest BCUT2D eigenvalue weighted by atomic mass is 16.5. The zero-order valence-electron chi connectivity index (χ0n) is 9.52. The van der Waals surface area contributed by atoms with Gasteiger partial charge in [-0.2, -0.15) is 4.98 Å². The van der Waals surface area contributed by atoms with Crippen molar-refractivity contribution in [3.8, 4) is 11.7 Å². The average molecular weight is 222 g/mol. The second-order valence-electron chi connectivity index (χ2n) is 4.03. The average Bonchev–Trinajstić information content (AvgIpc) is 2.85. The minimum absolute atomic E-state index is 0.306. The highest BCUT2D eigenvalue weighted by molar-refractivity contribution is 5.43. The summed E-state index contributed by atoms with van der Waals surface area (Å²) in [5.41, 5.74) is 6.18. The van der Waals surface area contributed by atoms with Gasteiger partial charge in [-0.1, -0.05) is 17.2 Å². The molecule has 0 fully saturated rings. The quantitative estimate of drug-likeness (QED) is 0.848. The zero-order valence-corrected chi connectivity index (χ0v) is 9.52. The summed E-state index contributed by atoms with van der Waals surface area (Å²) < 4.78 is 10.1. The van der Waals surface area contributed by atoms with Crippen LogP contribution in [0.15, 0.2) is 15.1 Å². The van der Waals surface area contributed by atoms with Crippen molar-refractivity contribution >= 4 is 0 Å². The molecule has 0 aliphatic rings. The maximum Gasteiger partial charge on any atom is 0.296 e.